The number of nitrogens with two attached hydrogens (primary N) is 2. The number of nitrogens with zero attached hydrogens (tertiary/aromatic N) is 5. The minimum absolute atomic E-state index is 0.109. The maximum Gasteiger partial charge on any atom is 0.490 e. The molecule has 0 saturated carbocycles. The Bertz CT molecular complexity index is 2210. The first kappa shape index (κ1) is 40.9. The topological polar surface area (TPSA) is 414 Å². The van der Waals surface area contributed by atoms with Crippen LogP contribution in [0.3, 0.4) is 0 Å². The maximum absolute atomic E-state index is 12.6. The van der Waals surface area contributed by atoms with Gasteiger partial charge in [-0.25, -0.2) is 18.7 Å². The van der Waals surface area contributed by atoms with Gasteiger partial charge in [0.05, 0.1) is 19.5 Å². The Morgan fingerprint density at radius 3 is 2.22 bits per heavy atom. The molecule has 54 heavy (non-hydrogen) atoms. The second-order valence-electron chi connectivity index (χ2n) is 10.9. The van der Waals surface area contributed by atoms with E-state index in [9.17, 15) is 53.3 Å². The van der Waals surface area contributed by atoms with Crippen molar-refractivity contribution in [3.8, 4) is 0 Å². The molecule has 0 bridgehead atoms. The number of methoxy groups -OCH3 is 1. The van der Waals surface area contributed by atoms with Gasteiger partial charge < -0.3 is 65.9 Å². The molecule has 298 valence electrons. The minimum Gasteiger partial charge on any atom is -0.506 e. The van der Waals surface area contributed by atoms with Gasteiger partial charge in [-0.15, -0.1) is 0 Å². The van der Waals surface area contributed by atoms with Crippen molar-refractivity contribution in [2.45, 2.75) is 36.9 Å². The van der Waals surface area contributed by atoms with E-state index in [1.165, 1.54) is 7.05 Å². The first-order valence-electron chi connectivity index (χ1n) is 14.8. The lowest BCUT2D eigenvalue weighted by Crippen LogP contribution is -2.43. The van der Waals surface area contributed by atoms with E-state index in [0.29, 0.717) is 0 Å². The molecule has 28 nitrogen and oxygen atoms in total. The van der Waals surface area contributed by atoms with Crippen molar-refractivity contribution >= 4 is 58.0 Å². The number of hydrogen-bond donors (Lipinski definition) is 11. The van der Waals surface area contributed by atoms with Crippen LogP contribution in [0.25, 0.3) is 11.2 Å². The van der Waals surface area contributed by atoms with Gasteiger partial charge in [0.2, 0.25) is 11.9 Å². The monoisotopic (exact) mass is 830 g/mol. The average Bonchev–Trinajstić information content (AvgIpc) is 3.71. The SMILES string of the molecule is C=CN(c1nc(N)[nH]c(=O)c1NC)C1OC(COP(=O)(O)OP(=O)(O)OP(=O)(O)OCC2OC(n3cnc4c(=O)[nH]c(N)nc43)C(O)=C2O)C(OC)C1O. The van der Waals surface area contributed by atoms with E-state index in [1.54, 1.807) is 0 Å². The lowest BCUT2D eigenvalue weighted by Gasteiger charge is -2.29. The molecule has 1 fully saturated rings. The standard InChI is InChI=1S/C23H33N10O18P3/c1-4-32(16-10(26-2)18(37)30-22(24)28-16)21-14(36)15(45-3)9(49-21)6-47-53(41,42)51-54(43,44)50-52(39,40)46-5-8-12(34)13(35)20(48-8)33-7-27-11-17(33)29-23(25)31-19(11)38/h4,7-9,14-15,20-21,26,34-36H,1,5-6H2,2-3H3,(H,39,40)(H,41,42)(H,43,44)(H3,24,28,30,37)(H3,25,29,31,38). The fourth-order valence-corrected chi connectivity index (χ4v) is 8.74. The number of H-pyrrole nitrogens is 2. The van der Waals surface area contributed by atoms with Crippen LogP contribution < -0.4 is 32.8 Å². The molecule has 0 aromatic carbocycles. The highest BCUT2D eigenvalue weighted by Gasteiger charge is 2.49. The molecule has 2 aliphatic heterocycles. The molecule has 5 rings (SSSR count). The molecule has 3 aromatic heterocycles. The van der Waals surface area contributed by atoms with Gasteiger partial charge in [0.15, 0.2) is 41.0 Å². The first-order chi connectivity index (χ1) is 25.2. The number of rotatable bonds is 16. The molecule has 9 unspecified atom stereocenters. The molecule has 5 heterocycles. The van der Waals surface area contributed by atoms with Crippen LogP contribution in [0.4, 0.5) is 23.4 Å². The zero-order valence-corrected chi connectivity index (χ0v) is 30.2. The molecule has 31 heteroatoms. The summed E-state index contributed by atoms with van der Waals surface area (Å²) in [6, 6.07) is 0. The number of imidazole rings is 1. The lowest BCUT2D eigenvalue weighted by atomic mass is 10.1. The third kappa shape index (κ3) is 8.51. The predicted octanol–water partition coefficient (Wildman–Crippen LogP) is -1.25. The summed E-state index contributed by atoms with van der Waals surface area (Å²) >= 11 is 0. The summed E-state index contributed by atoms with van der Waals surface area (Å²) < 4.78 is 72.4. The largest absolute Gasteiger partial charge is 0.506 e. The van der Waals surface area contributed by atoms with Crippen molar-refractivity contribution in [3.05, 3.63) is 51.3 Å². The maximum atomic E-state index is 12.6. The average molecular weight is 830 g/mol. The van der Waals surface area contributed by atoms with Gasteiger partial charge in [0.25, 0.3) is 11.1 Å². The summed E-state index contributed by atoms with van der Waals surface area (Å²) in [4.78, 5) is 72.0. The van der Waals surface area contributed by atoms with Crippen LogP contribution in [0, 0.1) is 0 Å². The highest BCUT2D eigenvalue weighted by Crippen LogP contribution is 2.68. The molecular formula is C23H33N10O18P3. The lowest BCUT2D eigenvalue weighted by molar-refractivity contribution is -0.0351. The molecule has 9 atom stereocenters. The van der Waals surface area contributed by atoms with Gasteiger partial charge in [0, 0.05) is 20.4 Å². The molecular weight excluding hydrogens is 797 g/mol. The Balaban J connectivity index is 1.19. The van der Waals surface area contributed by atoms with Crippen LogP contribution in [0.2, 0.25) is 0 Å². The number of aromatic amines is 2. The summed E-state index contributed by atoms with van der Waals surface area (Å²) in [5, 5.41) is 34.3. The van der Waals surface area contributed by atoms with Crippen molar-refractivity contribution < 1.29 is 75.6 Å². The molecule has 13 N–H and O–H groups in total. The first-order valence-corrected chi connectivity index (χ1v) is 19.2. The Kier molecular flexibility index (Phi) is 11.7. The Labute approximate surface area is 300 Å². The Morgan fingerprint density at radius 2 is 1.61 bits per heavy atom. The number of aliphatic hydroxyl groups excluding tert-OH is 3. The zero-order valence-electron chi connectivity index (χ0n) is 27.6. The Hall–Kier alpha value is -4.24. The highest BCUT2D eigenvalue weighted by atomic mass is 31.3. The van der Waals surface area contributed by atoms with Crippen LogP contribution in [0.1, 0.15) is 6.23 Å². The number of phosphoric acid groups is 3. The highest BCUT2D eigenvalue weighted by molar-refractivity contribution is 7.66. The molecule has 0 radical (unpaired) electrons. The van der Waals surface area contributed by atoms with Gasteiger partial charge >= 0.3 is 23.5 Å². The Morgan fingerprint density at radius 1 is 1.00 bits per heavy atom. The van der Waals surface area contributed by atoms with E-state index in [2.05, 4.69) is 50.0 Å². The van der Waals surface area contributed by atoms with E-state index < -0.39 is 96.2 Å². The summed E-state index contributed by atoms with van der Waals surface area (Å²) in [6.45, 7) is 1.48. The summed E-state index contributed by atoms with van der Waals surface area (Å²) in [5.74, 6) is -2.58. The van der Waals surface area contributed by atoms with Gasteiger partial charge in [-0.3, -0.25) is 33.2 Å². The number of aromatic nitrogens is 6. The van der Waals surface area contributed by atoms with E-state index >= 15 is 0 Å². The van der Waals surface area contributed by atoms with E-state index in [1.807, 2.05) is 0 Å². The van der Waals surface area contributed by atoms with Crippen molar-refractivity contribution in [2.24, 2.45) is 0 Å². The molecule has 0 spiro atoms. The van der Waals surface area contributed by atoms with Gasteiger partial charge in [-0.1, -0.05) is 6.58 Å². The van der Waals surface area contributed by atoms with Gasteiger partial charge in [0.1, 0.15) is 30.1 Å². The summed E-state index contributed by atoms with van der Waals surface area (Å²) in [5.41, 5.74) is 9.26. The number of nitrogen functional groups attached to an aromatic ring is 2. The van der Waals surface area contributed by atoms with Gasteiger partial charge in [-0.05, 0) is 0 Å². The van der Waals surface area contributed by atoms with E-state index in [4.69, 9.17) is 30.2 Å². The van der Waals surface area contributed by atoms with Crippen LogP contribution in [0.15, 0.2) is 40.2 Å². The molecule has 1 saturated heterocycles. The smallest absolute Gasteiger partial charge is 0.490 e. The van der Waals surface area contributed by atoms with Crippen molar-refractivity contribution in [1.82, 2.24) is 29.5 Å². The van der Waals surface area contributed by atoms with E-state index in [-0.39, 0.29) is 34.6 Å². The quantitative estimate of drug-likeness (QED) is 0.0751. The number of aliphatic hydroxyl groups is 3. The van der Waals surface area contributed by atoms with Crippen LogP contribution in [-0.2, 0) is 45.6 Å². The summed E-state index contributed by atoms with van der Waals surface area (Å²) in [6.07, 6.45) is -6.97. The summed E-state index contributed by atoms with van der Waals surface area (Å²) in [7, 11) is -14.9. The predicted molar refractivity (Wildman–Crippen MR) is 179 cm³/mol. The van der Waals surface area contributed by atoms with Crippen LogP contribution in [0.5, 0.6) is 0 Å². The third-order valence-electron chi connectivity index (χ3n) is 7.47. The molecule has 3 aromatic rings. The number of ether oxygens (including phenoxy) is 3. The van der Waals surface area contributed by atoms with Crippen LogP contribution >= 0.6 is 23.5 Å². The second-order valence-corrected chi connectivity index (χ2v) is 15.6. The van der Waals surface area contributed by atoms with Crippen molar-refractivity contribution in [2.75, 3.05) is 49.1 Å². The minimum atomic E-state index is -6.01. The number of phosphoric ester groups is 2. The molecule has 2 aliphatic rings. The fourth-order valence-electron chi connectivity index (χ4n) is 5.23. The second kappa shape index (κ2) is 15.5. The number of hydrogen-bond acceptors (Lipinski definition) is 22. The normalized spacial score (nSPS) is 26.3. The van der Waals surface area contributed by atoms with Crippen molar-refractivity contribution in [3.63, 3.8) is 0 Å². The van der Waals surface area contributed by atoms with Crippen LogP contribution in [-0.4, -0.2) is 118 Å². The van der Waals surface area contributed by atoms with Crippen molar-refractivity contribution in [1.29, 1.82) is 0 Å². The number of anilines is 4. The van der Waals surface area contributed by atoms with E-state index in [0.717, 1.165) is 29.1 Å². The van der Waals surface area contributed by atoms with Gasteiger partial charge in [-0.2, -0.15) is 18.6 Å². The number of nitrogens with one attached hydrogen (secondary N) is 3. The molecule has 0 amide bonds. The molecule has 0 aliphatic carbocycles. The fraction of sp³-hybridized carbons (Fsp3) is 0.435. The zero-order chi connectivity index (χ0) is 39.9. The third-order valence-corrected chi connectivity index (χ3v) is 11.7. The number of fused-ring (bicyclic) bond motifs is 1.